The fraction of sp³-hybridized carbons (Fsp3) is 0.267. The molecule has 1 aromatic carbocycles. The smallest absolute Gasteiger partial charge is 0.137 e. The largest absolute Gasteiger partial charge is 0.492 e. The molecule has 0 aliphatic heterocycles. The van der Waals surface area contributed by atoms with E-state index in [-0.39, 0.29) is 0 Å². The first-order valence-electron chi connectivity index (χ1n) is 6.13. The monoisotopic (exact) mass is 277 g/mol. The van der Waals surface area contributed by atoms with Crippen molar-refractivity contribution in [3.05, 3.63) is 58.4 Å². The molecular weight excluding hydrogens is 262 g/mol. The summed E-state index contributed by atoms with van der Waals surface area (Å²) in [5, 5.41) is 11.0. The Balaban J connectivity index is 2.35. The summed E-state index contributed by atoms with van der Waals surface area (Å²) in [6.45, 7) is 4.41. The van der Waals surface area contributed by atoms with Crippen LogP contribution in [-0.4, -0.2) is 16.7 Å². The van der Waals surface area contributed by atoms with Crippen LogP contribution in [0.5, 0.6) is 5.75 Å². The molecule has 3 nitrogen and oxygen atoms in total. The average molecular weight is 278 g/mol. The van der Waals surface area contributed by atoms with Crippen LogP contribution in [0.2, 0.25) is 5.02 Å². The Labute approximate surface area is 117 Å². The van der Waals surface area contributed by atoms with Gasteiger partial charge >= 0.3 is 0 Å². The number of aryl methyl sites for hydroxylation is 1. The SMILES string of the molecule is CCOc1cncc(C(O)c2cc(Cl)ccc2C)c1. The first kappa shape index (κ1) is 13.8. The van der Waals surface area contributed by atoms with E-state index >= 15 is 0 Å². The molecule has 4 heteroatoms. The van der Waals surface area contributed by atoms with Crippen LogP contribution >= 0.6 is 11.6 Å². The molecule has 2 aromatic rings. The summed E-state index contributed by atoms with van der Waals surface area (Å²) in [6, 6.07) is 7.26. The third-order valence-electron chi connectivity index (χ3n) is 2.90. The number of hydrogen-bond acceptors (Lipinski definition) is 3. The molecule has 0 aliphatic rings. The number of ether oxygens (including phenoxy) is 1. The molecular formula is C15H16ClNO2. The van der Waals surface area contributed by atoms with E-state index in [2.05, 4.69) is 4.98 Å². The van der Waals surface area contributed by atoms with Crippen molar-refractivity contribution >= 4 is 11.6 Å². The van der Waals surface area contributed by atoms with Gasteiger partial charge in [-0.1, -0.05) is 17.7 Å². The summed E-state index contributed by atoms with van der Waals surface area (Å²) >= 11 is 5.98. The summed E-state index contributed by atoms with van der Waals surface area (Å²) in [6.07, 6.45) is 2.50. The maximum atomic E-state index is 10.4. The van der Waals surface area contributed by atoms with E-state index in [1.807, 2.05) is 26.0 Å². The van der Waals surface area contributed by atoms with Gasteiger partial charge in [-0.3, -0.25) is 4.98 Å². The van der Waals surface area contributed by atoms with E-state index in [9.17, 15) is 5.11 Å². The predicted octanol–water partition coefficient (Wildman–Crippen LogP) is 3.52. The highest BCUT2D eigenvalue weighted by Crippen LogP contribution is 2.28. The Morgan fingerprint density at radius 2 is 2.11 bits per heavy atom. The van der Waals surface area contributed by atoms with Crippen LogP contribution < -0.4 is 4.74 Å². The summed E-state index contributed by atoms with van der Waals surface area (Å²) in [7, 11) is 0. The number of hydrogen-bond donors (Lipinski definition) is 1. The van der Waals surface area contributed by atoms with Gasteiger partial charge in [0.1, 0.15) is 11.9 Å². The zero-order valence-corrected chi connectivity index (χ0v) is 11.7. The molecule has 0 saturated heterocycles. The minimum Gasteiger partial charge on any atom is -0.492 e. The molecule has 0 amide bonds. The summed E-state index contributed by atoms with van der Waals surface area (Å²) < 4.78 is 5.39. The molecule has 19 heavy (non-hydrogen) atoms. The van der Waals surface area contributed by atoms with Gasteiger partial charge in [-0.15, -0.1) is 0 Å². The average Bonchev–Trinajstić information content (AvgIpc) is 2.41. The maximum absolute atomic E-state index is 10.4. The molecule has 1 aromatic heterocycles. The first-order chi connectivity index (χ1) is 9.11. The first-order valence-corrected chi connectivity index (χ1v) is 6.51. The van der Waals surface area contributed by atoms with E-state index in [4.69, 9.17) is 16.3 Å². The molecule has 0 saturated carbocycles. The van der Waals surface area contributed by atoms with Gasteiger partial charge in [-0.2, -0.15) is 0 Å². The van der Waals surface area contributed by atoms with Crippen molar-refractivity contribution in [2.75, 3.05) is 6.61 Å². The van der Waals surface area contributed by atoms with Gasteiger partial charge in [-0.05, 0) is 43.2 Å². The van der Waals surface area contributed by atoms with Crippen LogP contribution in [0.3, 0.4) is 0 Å². The molecule has 0 radical (unpaired) electrons. The maximum Gasteiger partial charge on any atom is 0.137 e. The highest BCUT2D eigenvalue weighted by atomic mass is 35.5. The van der Waals surface area contributed by atoms with Crippen LogP contribution in [0.25, 0.3) is 0 Å². The van der Waals surface area contributed by atoms with Crippen molar-refractivity contribution in [1.82, 2.24) is 4.98 Å². The molecule has 100 valence electrons. The number of pyridine rings is 1. The zero-order chi connectivity index (χ0) is 13.8. The second-order valence-corrected chi connectivity index (χ2v) is 4.73. The zero-order valence-electron chi connectivity index (χ0n) is 10.9. The summed E-state index contributed by atoms with van der Waals surface area (Å²) in [4.78, 5) is 4.08. The Kier molecular flexibility index (Phi) is 4.40. The molecule has 0 aliphatic carbocycles. The van der Waals surface area contributed by atoms with Gasteiger partial charge in [0.2, 0.25) is 0 Å². The Morgan fingerprint density at radius 3 is 2.84 bits per heavy atom. The van der Waals surface area contributed by atoms with Gasteiger partial charge < -0.3 is 9.84 Å². The predicted molar refractivity (Wildman–Crippen MR) is 75.7 cm³/mol. The van der Waals surface area contributed by atoms with E-state index in [0.717, 1.165) is 11.1 Å². The van der Waals surface area contributed by atoms with Crippen LogP contribution in [0.1, 0.15) is 29.7 Å². The number of nitrogens with zero attached hydrogens (tertiary/aromatic N) is 1. The molecule has 0 fully saturated rings. The fourth-order valence-electron chi connectivity index (χ4n) is 1.92. The molecule has 1 unspecified atom stereocenters. The summed E-state index contributed by atoms with van der Waals surface area (Å²) in [5.41, 5.74) is 2.46. The number of halogens is 1. The van der Waals surface area contributed by atoms with Crippen LogP contribution in [0.15, 0.2) is 36.7 Å². The normalized spacial score (nSPS) is 12.2. The van der Waals surface area contributed by atoms with Gasteiger partial charge in [-0.25, -0.2) is 0 Å². The third-order valence-corrected chi connectivity index (χ3v) is 3.13. The number of aromatic nitrogens is 1. The molecule has 0 bridgehead atoms. The lowest BCUT2D eigenvalue weighted by Crippen LogP contribution is -2.03. The second-order valence-electron chi connectivity index (χ2n) is 4.29. The van der Waals surface area contributed by atoms with Crippen molar-refractivity contribution in [2.45, 2.75) is 20.0 Å². The molecule has 1 heterocycles. The van der Waals surface area contributed by atoms with E-state index in [0.29, 0.717) is 22.9 Å². The Morgan fingerprint density at radius 1 is 1.32 bits per heavy atom. The second kappa shape index (κ2) is 6.04. The van der Waals surface area contributed by atoms with Crippen molar-refractivity contribution in [1.29, 1.82) is 0 Å². The lowest BCUT2D eigenvalue weighted by molar-refractivity contribution is 0.218. The third kappa shape index (κ3) is 3.25. The molecule has 2 rings (SSSR count). The van der Waals surface area contributed by atoms with Crippen LogP contribution in [0, 0.1) is 6.92 Å². The molecule has 1 atom stereocenters. The standard InChI is InChI=1S/C15H16ClNO2/c1-3-19-13-6-11(8-17-9-13)15(18)14-7-12(16)5-4-10(14)2/h4-9,15,18H,3H2,1-2H3. The minimum absolute atomic E-state index is 0.567. The minimum atomic E-state index is -0.758. The van der Waals surface area contributed by atoms with Crippen LogP contribution in [-0.2, 0) is 0 Å². The van der Waals surface area contributed by atoms with E-state index in [1.165, 1.54) is 0 Å². The lowest BCUT2D eigenvalue weighted by atomic mass is 9.98. The van der Waals surface area contributed by atoms with E-state index < -0.39 is 6.10 Å². The quantitative estimate of drug-likeness (QED) is 0.930. The van der Waals surface area contributed by atoms with Crippen molar-refractivity contribution in [3.8, 4) is 5.75 Å². The van der Waals surface area contributed by atoms with Crippen LogP contribution in [0.4, 0.5) is 0 Å². The van der Waals surface area contributed by atoms with Crippen molar-refractivity contribution in [3.63, 3.8) is 0 Å². The van der Waals surface area contributed by atoms with E-state index in [1.54, 1.807) is 24.5 Å². The van der Waals surface area contributed by atoms with Gasteiger partial charge in [0.05, 0.1) is 12.8 Å². The van der Waals surface area contributed by atoms with Gasteiger partial charge in [0, 0.05) is 16.8 Å². The number of benzene rings is 1. The topological polar surface area (TPSA) is 42.4 Å². The molecule has 0 spiro atoms. The highest BCUT2D eigenvalue weighted by molar-refractivity contribution is 6.30. The van der Waals surface area contributed by atoms with Gasteiger partial charge in [0.25, 0.3) is 0 Å². The number of rotatable bonds is 4. The molecule has 1 N–H and O–H groups in total. The highest BCUT2D eigenvalue weighted by Gasteiger charge is 2.14. The Bertz CT molecular complexity index is 572. The lowest BCUT2D eigenvalue weighted by Gasteiger charge is -2.15. The number of aliphatic hydroxyl groups is 1. The van der Waals surface area contributed by atoms with Gasteiger partial charge in [0.15, 0.2) is 0 Å². The van der Waals surface area contributed by atoms with Crippen molar-refractivity contribution in [2.24, 2.45) is 0 Å². The Hall–Kier alpha value is -1.58. The summed E-state index contributed by atoms with van der Waals surface area (Å²) in [5.74, 6) is 0.652. The van der Waals surface area contributed by atoms with Crippen molar-refractivity contribution < 1.29 is 9.84 Å². The fourth-order valence-corrected chi connectivity index (χ4v) is 2.10. The number of aliphatic hydroxyl groups excluding tert-OH is 1.